The number of aryl methyl sites for hydroxylation is 1. The van der Waals surface area contributed by atoms with Crippen LogP contribution in [0.5, 0.6) is 0 Å². The van der Waals surface area contributed by atoms with Crippen LogP contribution in [0.3, 0.4) is 0 Å². The number of allylic oxidation sites excluding steroid dienone is 1. The Kier molecular flexibility index (Phi) is 2.90. The molecule has 0 radical (unpaired) electrons. The van der Waals surface area contributed by atoms with Crippen molar-refractivity contribution in [3.8, 4) is 0 Å². The van der Waals surface area contributed by atoms with Crippen LogP contribution in [0.2, 0.25) is 0 Å². The van der Waals surface area contributed by atoms with Crippen molar-refractivity contribution < 1.29 is 0 Å². The molecule has 0 aliphatic heterocycles. The minimum atomic E-state index is 0.478. The zero-order chi connectivity index (χ0) is 10.7. The van der Waals surface area contributed by atoms with E-state index in [1.54, 1.807) is 6.20 Å². The van der Waals surface area contributed by atoms with E-state index in [4.69, 9.17) is 5.73 Å². The van der Waals surface area contributed by atoms with Gasteiger partial charge in [-0.1, -0.05) is 12.2 Å². The molecule has 1 aliphatic carbocycles. The van der Waals surface area contributed by atoms with Gasteiger partial charge in [0.1, 0.15) is 5.82 Å². The van der Waals surface area contributed by atoms with Gasteiger partial charge in [-0.15, -0.1) is 0 Å². The van der Waals surface area contributed by atoms with Gasteiger partial charge in [-0.05, 0) is 37.8 Å². The molecule has 1 aliphatic rings. The van der Waals surface area contributed by atoms with E-state index in [1.165, 1.54) is 0 Å². The average molecular weight is 203 g/mol. The van der Waals surface area contributed by atoms with E-state index in [2.05, 4.69) is 22.5 Å². The van der Waals surface area contributed by atoms with E-state index in [1.807, 2.05) is 13.0 Å². The lowest BCUT2D eigenvalue weighted by atomic mass is 10.0. The average Bonchev–Trinajstić information content (AvgIpc) is 2.26. The zero-order valence-electron chi connectivity index (χ0n) is 9.03. The van der Waals surface area contributed by atoms with Crippen LogP contribution in [0, 0.1) is 6.92 Å². The van der Waals surface area contributed by atoms with Gasteiger partial charge < -0.3 is 11.1 Å². The fraction of sp³-hybridized carbons (Fsp3) is 0.417. The summed E-state index contributed by atoms with van der Waals surface area (Å²) in [5, 5.41) is 3.40. The number of anilines is 2. The van der Waals surface area contributed by atoms with Crippen molar-refractivity contribution in [1.29, 1.82) is 0 Å². The van der Waals surface area contributed by atoms with Crippen molar-refractivity contribution in [3.05, 3.63) is 30.0 Å². The number of aromatic nitrogens is 1. The molecule has 1 aromatic rings. The van der Waals surface area contributed by atoms with E-state index < -0.39 is 0 Å². The Hall–Kier alpha value is -1.51. The van der Waals surface area contributed by atoms with Crippen LogP contribution in [-0.2, 0) is 0 Å². The lowest BCUT2D eigenvalue weighted by Crippen LogP contribution is -2.21. The smallest absolute Gasteiger partial charge is 0.149 e. The van der Waals surface area contributed by atoms with Crippen LogP contribution in [0.25, 0.3) is 0 Å². The molecule has 3 N–H and O–H groups in total. The normalized spacial score (nSPS) is 20.2. The highest BCUT2D eigenvalue weighted by atomic mass is 15.0. The van der Waals surface area contributed by atoms with Crippen LogP contribution < -0.4 is 11.1 Å². The Bertz CT molecular complexity index is 371. The number of nitrogens with two attached hydrogens (primary N) is 1. The summed E-state index contributed by atoms with van der Waals surface area (Å²) in [6, 6.07) is 2.41. The molecule has 1 atom stereocenters. The SMILES string of the molecule is Cc1ccnc(NC2CC=CCC2)c1N. The van der Waals surface area contributed by atoms with Gasteiger partial charge in [0.05, 0.1) is 5.69 Å². The van der Waals surface area contributed by atoms with Crippen molar-refractivity contribution >= 4 is 11.5 Å². The molecule has 2 rings (SSSR count). The quantitative estimate of drug-likeness (QED) is 0.726. The van der Waals surface area contributed by atoms with Crippen LogP contribution >= 0.6 is 0 Å². The van der Waals surface area contributed by atoms with E-state index in [9.17, 15) is 0 Å². The van der Waals surface area contributed by atoms with E-state index in [0.717, 1.165) is 36.3 Å². The van der Waals surface area contributed by atoms with Crippen molar-refractivity contribution in [1.82, 2.24) is 4.98 Å². The van der Waals surface area contributed by atoms with Crippen LogP contribution in [0.4, 0.5) is 11.5 Å². The molecule has 0 saturated carbocycles. The summed E-state index contributed by atoms with van der Waals surface area (Å²) in [6.07, 6.45) is 9.61. The highest BCUT2D eigenvalue weighted by Crippen LogP contribution is 2.22. The lowest BCUT2D eigenvalue weighted by Gasteiger charge is -2.21. The highest BCUT2D eigenvalue weighted by molar-refractivity contribution is 5.65. The molecule has 1 heterocycles. The topological polar surface area (TPSA) is 50.9 Å². The van der Waals surface area contributed by atoms with Crippen LogP contribution in [-0.4, -0.2) is 11.0 Å². The van der Waals surface area contributed by atoms with Crippen LogP contribution in [0.1, 0.15) is 24.8 Å². The van der Waals surface area contributed by atoms with Gasteiger partial charge in [0, 0.05) is 12.2 Å². The second kappa shape index (κ2) is 4.34. The molecule has 0 aromatic carbocycles. The minimum absolute atomic E-state index is 0.478. The van der Waals surface area contributed by atoms with Crippen molar-refractivity contribution in [2.45, 2.75) is 32.2 Å². The second-order valence-electron chi connectivity index (χ2n) is 4.02. The standard InChI is InChI=1S/C12H17N3/c1-9-7-8-14-12(11(9)13)15-10-5-3-2-4-6-10/h2-3,7-8,10H,4-6,13H2,1H3,(H,14,15). The monoisotopic (exact) mass is 203 g/mol. The summed E-state index contributed by atoms with van der Waals surface area (Å²) in [5.41, 5.74) is 7.81. The molecule has 3 heteroatoms. The van der Waals surface area contributed by atoms with Crippen molar-refractivity contribution in [2.24, 2.45) is 0 Å². The van der Waals surface area contributed by atoms with Gasteiger partial charge in [-0.25, -0.2) is 4.98 Å². The lowest BCUT2D eigenvalue weighted by molar-refractivity contribution is 0.642. The number of nitrogens with zero attached hydrogens (tertiary/aromatic N) is 1. The number of hydrogen-bond donors (Lipinski definition) is 2. The molecule has 0 spiro atoms. The first-order chi connectivity index (χ1) is 7.27. The maximum atomic E-state index is 5.96. The molecule has 80 valence electrons. The Morgan fingerprint density at radius 3 is 3.07 bits per heavy atom. The number of nitrogens with one attached hydrogen (secondary N) is 1. The Morgan fingerprint density at radius 1 is 1.47 bits per heavy atom. The van der Waals surface area contributed by atoms with Crippen LogP contribution in [0.15, 0.2) is 24.4 Å². The third-order valence-corrected chi connectivity index (χ3v) is 2.82. The molecule has 0 amide bonds. The molecular weight excluding hydrogens is 186 g/mol. The number of pyridine rings is 1. The number of nitrogen functional groups attached to an aromatic ring is 1. The molecule has 15 heavy (non-hydrogen) atoms. The predicted octanol–water partition coefficient (Wildman–Crippen LogP) is 2.49. The maximum absolute atomic E-state index is 5.96. The summed E-state index contributed by atoms with van der Waals surface area (Å²) in [5.74, 6) is 0.829. The largest absolute Gasteiger partial charge is 0.396 e. The summed E-state index contributed by atoms with van der Waals surface area (Å²) in [6.45, 7) is 2.00. The summed E-state index contributed by atoms with van der Waals surface area (Å²) >= 11 is 0. The molecule has 0 saturated heterocycles. The van der Waals surface area contributed by atoms with E-state index in [-0.39, 0.29) is 0 Å². The summed E-state index contributed by atoms with van der Waals surface area (Å²) in [4.78, 5) is 4.27. The second-order valence-corrected chi connectivity index (χ2v) is 4.02. The Morgan fingerprint density at radius 2 is 2.33 bits per heavy atom. The first-order valence-corrected chi connectivity index (χ1v) is 5.40. The summed E-state index contributed by atoms with van der Waals surface area (Å²) < 4.78 is 0. The van der Waals surface area contributed by atoms with Gasteiger partial charge >= 0.3 is 0 Å². The fourth-order valence-corrected chi connectivity index (χ4v) is 1.80. The Labute approximate surface area is 90.4 Å². The molecule has 1 aromatic heterocycles. The van der Waals surface area contributed by atoms with E-state index >= 15 is 0 Å². The first-order valence-electron chi connectivity index (χ1n) is 5.40. The minimum Gasteiger partial charge on any atom is -0.396 e. The number of hydrogen-bond acceptors (Lipinski definition) is 3. The van der Waals surface area contributed by atoms with Gasteiger partial charge in [0.2, 0.25) is 0 Å². The molecule has 0 bridgehead atoms. The van der Waals surface area contributed by atoms with E-state index in [0.29, 0.717) is 6.04 Å². The zero-order valence-corrected chi connectivity index (χ0v) is 9.03. The summed E-state index contributed by atoms with van der Waals surface area (Å²) in [7, 11) is 0. The first kappa shape index (κ1) is 10.0. The van der Waals surface area contributed by atoms with Gasteiger partial charge in [-0.2, -0.15) is 0 Å². The van der Waals surface area contributed by atoms with Crippen molar-refractivity contribution in [3.63, 3.8) is 0 Å². The van der Waals surface area contributed by atoms with Gasteiger partial charge in [0.15, 0.2) is 0 Å². The Balaban J connectivity index is 2.10. The third kappa shape index (κ3) is 2.29. The third-order valence-electron chi connectivity index (χ3n) is 2.82. The van der Waals surface area contributed by atoms with Crippen molar-refractivity contribution in [2.75, 3.05) is 11.1 Å². The predicted molar refractivity (Wildman–Crippen MR) is 63.8 cm³/mol. The highest BCUT2D eigenvalue weighted by Gasteiger charge is 2.11. The number of rotatable bonds is 2. The molecule has 0 fully saturated rings. The molecular formula is C12H17N3. The maximum Gasteiger partial charge on any atom is 0.149 e. The molecule has 1 unspecified atom stereocenters. The fourth-order valence-electron chi connectivity index (χ4n) is 1.80. The van der Waals surface area contributed by atoms with Gasteiger partial charge in [0.25, 0.3) is 0 Å². The van der Waals surface area contributed by atoms with Gasteiger partial charge in [-0.3, -0.25) is 0 Å². The molecule has 3 nitrogen and oxygen atoms in total.